The molecule has 0 spiro atoms. The molecule has 0 bridgehead atoms. The Hall–Kier alpha value is -4.51. The Balaban J connectivity index is 1.79. The number of nitriles is 1. The number of hydrogen-bond donors (Lipinski definition) is 3. The molecule has 0 radical (unpaired) electrons. The Morgan fingerprint density at radius 2 is 2.10 bits per heavy atom. The summed E-state index contributed by atoms with van der Waals surface area (Å²) in [7, 11) is 1.79. The fourth-order valence-electron chi connectivity index (χ4n) is 3.12. The van der Waals surface area contributed by atoms with Crippen molar-refractivity contribution in [1.29, 1.82) is 5.26 Å². The van der Waals surface area contributed by atoms with Crippen LogP contribution < -0.4 is 11.1 Å². The number of aromatic nitrogens is 4. The van der Waals surface area contributed by atoms with Gasteiger partial charge >= 0.3 is 0 Å². The second-order valence-corrected chi connectivity index (χ2v) is 6.52. The van der Waals surface area contributed by atoms with Gasteiger partial charge in [-0.05, 0) is 29.3 Å². The van der Waals surface area contributed by atoms with Crippen molar-refractivity contribution in [2.75, 3.05) is 12.4 Å². The van der Waals surface area contributed by atoms with Gasteiger partial charge in [0.1, 0.15) is 23.1 Å². The highest BCUT2D eigenvalue weighted by molar-refractivity contribution is 6.00. The Morgan fingerprint density at radius 3 is 2.87 bits per heavy atom. The molecule has 1 aromatic carbocycles. The van der Waals surface area contributed by atoms with E-state index in [2.05, 4.69) is 25.3 Å². The SMILES string of the molecule is CNc1cncc(-c2c[nH]c3ncc(-c4cccc(C=C(C#N)C(N)=O)c4)cc23)n1. The minimum atomic E-state index is -0.757. The van der Waals surface area contributed by atoms with Crippen molar-refractivity contribution < 1.29 is 4.79 Å². The first kappa shape index (κ1) is 18.8. The molecule has 1 amide bonds. The monoisotopic (exact) mass is 395 g/mol. The van der Waals surface area contributed by atoms with E-state index >= 15 is 0 Å². The van der Waals surface area contributed by atoms with Gasteiger partial charge in [-0.2, -0.15) is 5.26 Å². The van der Waals surface area contributed by atoms with E-state index in [1.54, 1.807) is 31.7 Å². The van der Waals surface area contributed by atoms with E-state index in [1.165, 1.54) is 6.08 Å². The van der Waals surface area contributed by atoms with Gasteiger partial charge < -0.3 is 16.0 Å². The zero-order chi connectivity index (χ0) is 21.1. The van der Waals surface area contributed by atoms with Crippen LogP contribution in [0.25, 0.3) is 39.5 Å². The molecule has 0 atom stereocenters. The molecule has 0 saturated carbocycles. The highest BCUT2D eigenvalue weighted by atomic mass is 16.1. The Morgan fingerprint density at radius 1 is 1.23 bits per heavy atom. The van der Waals surface area contributed by atoms with Crippen LogP contribution in [0.4, 0.5) is 5.82 Å². The van der Waals surface area contributed by atoms with Crippen LogP contribution in [0.1, 0.15) is 5.56 Å². The molecule has 0 saturated heterocycles. The fourth-order valence-corrected chi connectivity index (χ4v) is 3.12. The number of H-pyrrole nitrogens is 1. The number of anilines is 1. The van der Waals surface area contributed by atoms with Gasteiger partial charge in [-0.15, -0.1) is 0 Å². The number of rotatable bonds is 5. The number of pyridine rings is 1. The topological polar surface area (TPSA) is 133 Å². The fraction of sp³-hybridized carbons (Fsp3) is 0.0455. The molecule has 30 heavy (non-hydrogen) atoms. The summed E-state index contributed by atoms with van der Waals surface area (Å²) in [5.74, 6) is -0.0823. The van der Waals surface area contributed by atoms with Gasteiger partial charge in [-0.25, -0.2) is 9.97 Å². The van der Waals surface area contributed by atoms with E-state index in [0.717, 1.165) is 33.4 Å². The lowest BCUT2D eigenvalue weighted by Gasteiger charge is -2.05. The summed E-state index contributed by atoms with van der Waals surface area (Å²) >= 11 is 0. The number of amides is 1. The Labute approximate surface area is 172 Å². The summed E-state index contributed by atoms with van der Waals surface area (Å²) in [5, 5.41) is 13.0. The molecule has 4 rings (SSSR count). The minimum Gasteiger partial charge on any atom is -0.372 e. The number of carbonyl (C=O) groups excluding carboxylic acids is 1. The van der Waals surface area contributed by atoms with E-state index in [1.807, 2.05) is 36.5 Å². The Kier molecular flexibility index (Phi) is 4.93. The third-order valence-electron chi connectivity index (χ3n) is 4.61. The molecule has 0 aliphatic heterocycles. The number of carbonyl (C=O) groups is 1. The summed E-state index contributed by atoms with van der Waals surface area (Å²) < 4.78 is 0. The summed E-state index contributed by atoms with van der Waals surface area (Å²) in [5.41, 5.74) is 9.95. The zero-order valence-corrected chi connectivity index (χ0v) is 16.0. The summed E-state index contributed by atoms with van der Waals surface area (Å²) in [6, 6.07) is 11.3. The smallest absolute Gasteiger partial charge is 0.259 e. The molecule has 4 N–H and O–H groups in total. The van der Waals surface area contributed by atoms with Crippen LogP contribution in [0.5, 0.6) is 0 Å². The molecule has 0 aliphatic carbocycles. The molecule has 4 aromatic rings. The lowest BCUT2D eigenvalue weighted by molar-refractivity contribution is -0.114. The summed E-state index contributed by atoms with van der Waals surface area (Å²) in [4.78, 5) is 27.8. The number of nitrogens with one attached hydrogen (secondary N) is 2. The molecule has 0 unspecified atom stereocenters. The van der Waals surface area contributed by atoms with E-state index in [4.69, 9.17) is 11.0 Å². The lowest BCUT2D eigenvalue weighted by atomic mass is 10.0. The van der Waals surface area contributed by atoms with Crippen LogP contribution in [-0.2, 0) is 4.79 Å². The highest BCUT2D eigenvalue weighted by Gasteiger charge is 2.11. The molecular formula is C22H17N7O. The maximum absolute atomic E-state index is 11.3. The maximum Gasteiger partial charge on any atom is 0.259 e. The number of hydrogen-bond acceptors (Lipinski definition) is 6. The van der Waals surface area contributed by atoms with Gasteiger partial charge in [0.05, 0.1) is 18.1 Å². The number of nitrogens with zero attached hydrogens (tertiary/aromatic N) is 4. The van der Waals surface area contributed by atoms with Gasteiger partial charge in [0.15, 0.2) is 0 Å². The third-order valence-corrected chi connectivity index (χ3v) is 4.61. The predicted octanol–water partition coefficient (Wildman–Crippen LogP) is 3.12. The molecular weight excluding hydrogens is 378 g/mol. The first-order valence-electron chi connectivity index (χ1n) is 9.08. The molecule has 0 aliphatic rings. The van der Waals surface area contributed by atoms with Crippen LogP contribution in [0, 0.1) is 11.3 Å². The molecule has 0 fully saturated rings. The lowest BCUT2D eigenvalue weighted by Crippen LogP contribution is -2.12. The van der Waals surface area contributed by atoms with E-state index in [9.17, 15) is 4.79 Å². The number of primary amides is 1. The quantitative estimate of drug-likeness (QED) is 0.351. The average Bonchev–Trinajstić information content (AvgIpc) is 3.20. The largest absolute Gasteiger partial charge is 0.372 e. The Bertz CT molecular complexity index is 1330. The van der Waals surface area contributed by atoms with Crippen molar-refractivity contribution in [3.63, 3.8) is 0 Å². The van der Waals surface area contributed by atoms with E-state index < -0.39 is 5.91 Å². The van der Waals surface area contributed by atoms with Crippen LogP contribution >= 0.6 is 0 Å². The maximum atomic E-state index is 11.3. The zero-order valence-electron chi connectivity index (χ0n) is 16.0. The number of fused-ring (bicyclic) bond motifs is 1. The van der Waals surface area contributed by atoms with Crippen molar-refractivity contribution in [3.05, 3.63) is 66.3 Å². The molecule has 146 valence electrons. The van der Waals surface area contributed by atoms with Crippen molar-refractivity contribution in [1.82, 2.24) is 19.9 Å². The second kappa shape index (κ2) is 7.85. The number of benzene rings is 1. The molecule has 8 nitrogen and oxygen atoms in total. The highest BCUT2D eigenvalue weighted by Crippen LogP contribution is 2.30. The minimum absolute atomic E-state index is 0.100. The number of aromatic amines is 1. The summed E-state index contributed by atoms with van der Waals surface area (Å²) in [6.45, 7) is 0. The summed E-state index contributed by atoms with van der Waals surface area (Å²) in [6.07, 6.45) is 8.45. The van der Waals surface area contributed by atoms with E-state index in [-0.39, 0.29) is 5.57 Å². The van der Waals surface area contributed by atoms with Crippen LogP contribution in [0.2, 0.25) is 0 Å². The van der Waals surface area contributed by atoms with Crippen LogP contribution in [-0.4, -0.2) is 32.9 Å². The second-order valence-electron chi connectivity index (χ2n) is 6.52. The first-order valence-corrected chi connectivity index (χ1v) is 9.08. The normalized spacial score (nSPS) is 11.3. The van der Waals surface area contributed by atoms with Gasteiger partial charge in [-0.1, -0.05) is 18.2 Å². The van der Waals surface area contributed by atoms with Crippen LogP contribution in [0.15, 0.2) is 60.7 Å². The molecule has 3 aromatic heterocycles. The average molecular weight is 395 g/mol. The van der Waals surface area contributed by atoms with Crippen molar-refractivity contribution >= 4 is 28.8 Å². The van der Waals surface area contributed by atoms with Gasteiger partial charge in [0.2, 0.25) is 0 Å². The van der Waals surface area contributed by atoms with Gasteiger partial charge in [-0.3, -0.25) is 9.78 Å². The van der Waals surface area contributed by atoms with Gasteiger partial charge in [0, 0.05) is 36.0 Å². The van der Waals surface area contributed by atoms with E-state index in [0.29, 0.717) is 11.4 Å². The predicted molar refractivity (Wildman–Crippen MR) is 115 cm³/mol. The first-order chi connectivity index (χ1) is 14.6. The standard InChI is InChI=1S/C22H17N7O/c1-25-20-12-26-11-19(29-20)18-10-28-22-17(18)7-16(9-27-22)14-4-2-3-13(5-14)6-15(8-23)21(24)30/h2-7,9-12H,1H3,(H2,24,30)(H,25,29)(H,27,28). The third kappa shape index (κ3) is 3.59. The molecule has 8 heteroatoms. The number of nitrogens with two attached hydrogens (primary N) is 1. The van der Waals surface area contributed by atoms with Crippen molar-refractivity contribution in [3.8, 4) is 28.5 Å². The molecule has 3 heterocycles. The van der Waals surface area contributed by atoms with Gasteiger partial charge in [0.25, 0.3) is 5.91 Å². The van der Waals surface area contributed by atoms with Crippen molar-refractivity contribution in [2.45, 2.75) is 0 Å². The van der Waals surface area contributed by atoms with Crippen molar-refractivity contribution in [2.24, 2.45) is 5.73 Å². The van der Waals surface area contributed by atoms with Crippen LogP contribution in [0.3, 0.4) is 0 Å².